The van der Waals surface area contributed by atoms with Crippen LogP contribution in [0, 0.1) is 12.3 Å². The van der Waals surface area contributed by atoms with Crippen molar-refractivity contribution in [1.82, 2.24) is 0 Å². The number of benzene rings is 3. The minimum absolute atomic E-state index is 0.634. The standard InChI is InChI=1S/C22H21NO2/c1-5-22(24,17-11-13-18(25-4)14-12-17)21-19-9-7-6-8-16(19)10-15-20(21)23(2)3/h1,6-15,24H,2-4H3/t22-/m0/s1. The van der Waals surface area contributed by atoms with Crippen molar-refractivity contribution in [2.45, 2.75) is 5.60 Å². The van der Waals surface area contributed by atoms with Gasteiger partial charge in [-0.2, -0.15) is 0 Å². The van der Waals surface area contributed by atoms with Gasteiger partial charge in [-0.1, -0.05) is 48.4 Å². The summed E-state index contributed by atoms with van der Waals surface area (Å²) in [6, 6.07) is 19.2. The van der Waals surface area contributed by atoms with Crippen LogP contribution in [-0.2, 0) is 5.60 Å². The van der Waals surface area contributed by atoms with E-state index in [0.717, 1.165) is 16.5 Å². The van der Waals surface area contributed by atoms with E-state index in [9.17, 15) is 5.11 Å². The van der Waals surface area contributed by atoms with E-state index in [-0.39, 0.29) is 0 Å². The Morgan fingerprint density at radius 3 is 2.28 bits per heavy atom. The van der Waals surface area contributed by atoms with Crippen LogP contribution in [0.1, 0.15) is 11.1 Å². The van der Waals surface area contributed by atoms with E-state index in [0.29, 0.717) is 16.9 Å². The molecule has 3 nitrogen and oxygen atoms in total. The van der Waals surface area contributed by atoms with Crippen LogP contribution in [0.5, 0.6) is 5.75 Å². The lowest BCUT2D eigenvalue weighted by molar-refractivity contribution is 0.147. The van der Waals surface area contributed by atoms with Crippen molar-refractivity contribution in [3.63, 3.8) is 0 Å². The molecule has 3 aromatic rings. The monoisotopic (exact) mass is 331 g/mol. The minimum Gasteiger partial charge on any atom is -0.497 e. The summed E-state index contributed by atoms with van der Waals surface area (Å²) in [5.41, 5.74) is 0.681. The Morgan fingerprint density at radius 1 is 1.00 bits per heavy atom. The zero-order chi connectivity index (χ0) is 18.0. The number of terminal acetylenes is 1. The van der Waals surface area contributed by atoms with E-state index in [1.807, 2.05) is 55.4 Å². The molecule has 0 amide bonds. The number of rotatable bonds is 4. The van der Waals surface area contributed by atoms with E-state index in [1.165, 1.54) is 0 Å². The fourth-order valence-electron chi connectivity index (χ4n) is 3.15. The Labute approximate surface area is 148 Å². The molecule has 0 aliphatic carbocycles. The fourth-order valence-corrected chi connectivity index (χ4v) is 3.15. The third-order valence-corrected chi connectivity index (χ3v) is 4.47. The summed E-state index contributed by atoms with van der Waals surface area (Å²) in [5, 5.41) is 13.5. The van der Waals surface area contributed by atoms with Gasteiger partial charge in [-0.15, -0.1) is 6.42 Å². The Bertz CT molecular complexity index is 938. The van der Waals surface area contributed by atoms with Crippen LogP contribution in [0.4, 0.5) is 5.69 Å². The average Bonchev–Trinajstić information content (AvgIpc) is 2.66. The lowest BCUT2D eigenvalue weighted by Gasteiger charge is -2.30. The summed E-state index contributed by atoms with van der Waals surface area (Å²) >= 11 is 0. The van der Waals surface area contributed by atoms with Crippen LogP contribution in [-0.4, -0.2) is 26.3 Å². The molecular formula is C22H21NO2. The molecule has 0 aliphatic heterocycles. The molecule has 0 heterocycles. The highest BCUT2D eigenvalue weighted by Gasteiger charge is 2.34. The second-order valence-electron chi connectivity index (χ2n) is 6.16. The first-order valence-electron chi connectivity index (χ1n) is 8.05. The number of methoxy groups -OCH3 is 1. The third kappa shape index (κ3) is 2.82. The highest BCUT2D eigenvalue weighted by Crippen LogP contribution is 2.40. The first-order chi connectivity index (χ1) is 12.0. The zero-order valence-electron chi connectivity index (χ0n) is 14.7. The maximum Gasteiger partial charge on any atom is 0.179 e. The smallest absolute Gasteiger partial charge is 0.179 e. The lowest BCUT2D eigenvalue weighted by atomic mass is 9.82. The quantitative estimate of drug-likeness (QED) is 0.739. The molecule has 0 saturated carbocycles. The van der Waals surface area contributed by atoms with Crippen LogP contribution in [0.3, 0.4) is 0 Å². The van der Waals surface area contributed by atoms with Crippen LogP contribution in [0.25, 0.3) is 10.8 Å². The lowest BCUT2D eigenvalue weighted by Crippen LogP contribution is -2.28. The normalized spacial score (nSPS) is 13.1. The van der Waals surface area contributed by atoms with Crippen molar-refractivity contribution in [1.29, 1.82) is 0 Å². The molecule has 3 heteroatoms. The molecule has 0 bridgehead atoms. The van der Waals surface area contributed by atoms with Crippen molar-refractivity contribution in [2.75, 3.05) is 26.1 Å². The van der Waals surface area contributed by atoms with E-state index >= 15 is 0 Å². The highest BCUT2D eigenvalue weighted by molar-refractivity contribution is 5.92. The predicted octanol–water partition coefficient (Wildman–Crippen LogP) is 3.78. The first kappa shape index (κ1) is 16.9. The van der Waals surface area contributed by atoms with Gasteiger partial charge in [0.15, 0.2) is 5.60 Å². The molecule has 0 spiro atoms. The maximum absolute atomic E-state index is 11.6. The first-order valence-corrected chi connectivity index (χ1v) is 8.05. The molecule has 0 aliphatic rings. The number of fused-ring (bicyclic) bond motifs is 1. The largest absolute Gasteiger partial charge is 0.497 e. The SMILES string of the molecule is C#C[C@](O)(c1ccc(OC)cc1)c1c(N(C)C)ccc2ccccc12. The van der Waals surface area contributed by atoms with Gasteiger partial charge >= 0.3 is 0 Å². The predicted molar refractivity (Wildman–Crippen MR) is 103 cm³/mol. The van der Waals surface area contributed by atoms with Gasteiger partial charge < -0.3 is 14.7 Å². The number of ether oxygens (including phenoxy) is 1. The van der Waals surface area contributed by atoms with Gasteiger partial charge in [-0.05, 0) is 29.0 Å². The molecule has 3 aromatic carbocycles. The summed E-state index contributed by atoms with van der Waals surface area (Å²) in [4.78, 5) is 1.97. The van der Waals surface area contributed by atoms with Gasteiger partial charge in [-0.25, -0.2) is 0 Å². The van der Waals surface area contributed by atoms with Crippen molar-refractivity contribution >= 4 is 16.5 Å². The van der Waals surface area contributed by atoms with Crippen LogP contribution >= 0.6 is 0 Å². The summed E-state index contributed by atoms with van der Waals surface area (Å²) in [6.45, 7) is 0. The number of nitrogens with zero attached hydrogens (tertiary/aromatic N) is 1. The second-order valence-corrected chi connectivity index (χ2v) is 6.16. The molecule has 25 heavy (non-hydrogen) atoms. The Morgan fingerprint density at radius 2 is 1.68 bits per heavy atom. The van der Waals surface area contributed by atoms with Gasteiger partial charge in [-0.3, -0.25) is 0 Å². The summed E-state index contributed by atoms with van der Waals surface area (Å²) in [6.07, 6.45) is 5.85. The minimum atomic E-state index is -1.55. The van der Waals surface area contributed by atoms with Crippen molar-refractivity contribution < 1.29 is 9.84 Å². The van der Waals surface area contributed by atoms with Gasteiger partial charge in [0.05, 0.1) is 7.11 Å². The summed E-state index contributed by atoms with van der Waals surface area (Å²) in [7, 11) is 5.49. The van der Waals surface area contributed by atoms with Crippen LogP contribution in [0.15, 0.2) is 60.7 Å². The molecule has 3 rings (SSSR count). The maximum atomic E-state index is 11.6. The van der Waals surface area contributed by atoms with Gasteiger partial charge in [0.2, 0.25) is 0 Å². The zero-order valence-corrected chi connectivity index (χ0v) is 14.7. The van der Waals surface area contributed by atoms with Crippen LogP contribution in [0.2, 0.25) is 0 Å². The topological polar surface area (TPSA) is 32.7 Å². The van der Waals surface area contributed by atoms with E-state index < -0.39 is 5.60 Å². The molecular weight excluding hydrogens is 310 g/mol. The molecule has 0 fully saturated rings. The number of anilines is 1. The second kappa shape index (κ2) is 6.51. The van der Waals surface area contributed by atoms with E-state index in [2.05, 4.69) is 5.92 Å². The number of aliphatic hydroxyl groups is 1. The highest BCUT2D eigenvalue weighted by atomic mass is 16.5. The average molecular weight is 331 g/mol. The van der Waals surface area contributed by atoms with Gasteiger partial charge in [0.25, 0.3) is 0 Å². The molecule has 0 aromatic heterocycles. The van der Waals surface area contributed by atoms with Gasteiger partial charge in [0, 0.05) is 30.9 Å². The fraction of sp³-hybridized carbons (Fsp3) is 0.182. The molecule has 0 unspecified atom stereocenters. The number of hydrogen-bond acceptors (Lipinski definition) is 3. The van der Waals surface area contributed by atoms with Crippen LogP contribution < -0.4 is 9.64 Å². The molecule has 0 saturated heterocycles. The van der Waals surface area contributed by atoms with Crippen molar-refractivity contribution in [2.24, 2.45) is 0 Å². The van der Waals surface area contributed by atoms with Gasteiger partial charge in [0.1, 0.15) is 5.75 Å². The van der Waals surface area contributed by atoms with Crippen molar-refractivity contribution in [3.05, 3.63) is 71.8 Å². The molecule has 1 N–H and O–H groups in total. The molecule has 1 atom stereocenters. The Kier molecular flexibility index (Phi) is 4.39. The van der Waals surface area contributed by atoms with E-state index in [1.54, 1.807) is 31.4 Å². The Balaban J connectivity index is 2.33. The Hall–Kier alpha value is -2.96. The number of hydrogen-bond donors (Lipinski definition) is 1. The third-order valence-electron chi connectivity index (χ3n) is 4.47. The molecule has 126 valence electrons. The summed E-state index contributed by atoms with van der Waals surface area (Å²) < 4.78 is 5.21. The summed E-state index contributed by atoms with van der Waals surface area (Å²) in [5.74, 6) is 3.34. The van der Waals surface area contributed by atoms with Crippen molar-refractivity contribution in [3.8, 4) is 18.1 Å². The molecule has 0 radical (unpaired) electrons. The van der Waals surface area contributed by atoms with E-state index in [4.69, 9.17) is 11.2 Å².